The van der Waals surface area contributed by atoms with E-state index in [0.29, 0.717) is 61.9 Å². The number of hydrogen-bond acceptors (Lipinski definition) is 7. The van der Waals surface area contributed by atoms with Gasteiger partial charge in [-0.2, -0.15) is 0 Å². The minimum absolute atomic E-state index is 0.0687. The lowest BCUT2D eigenvalue weighted by Gasteiger charge is -2.23. The van der Waals surface area contributed by atoms with E-state index >= 15 is 0 Å². The van der Waals surface area contributed by atoms with Crippen molar-refractivity contribution in [2.75, 3.05) is 13.7 Å². The number of nitrogens with one attached hydrogen (secondary N) is 1. The highest BCUT2D eigenvalue weighted by Gasteiger charge is 2.31. The third-order valence-electron chi connectivity index (χ3n) is 8.11. The first kappa shape index (κ1) is 33.3. The number of hydrogen-bond donors (Lipinski definition) is 3. The number of carbonyl (C=O) groups is 3. The van der Waals surface area contributed by atoms with Crippen molar-refractivity contribution in [2.45, 2.75) is 76.7 Å². The molecule has 3 N–H and O–H groups in total. The normalized spacial score (nSPS) is 16.6. The number of ether oxygens (including phenoxy) is 2. The summed E-state index contributed by atoms with van der Waals surface area (Å²) in [5.41, 5.74) is 2.15. The summed E-state index contributed by atoms with van der Waals surface area (Å²) >= 11 is 0. The number of rotatable bonds is 9. The molecule has 2 unspecified atom stereocenters. The molecule has 3 aromatic carbocycles. The van der Waals surface area contributed by atoms with Crippen LogP contribution in [0.4, 0.5) is 0 Å². The highest BCUT2D eigenvalue weighted by molar-refractivity contribution is 5.98. The molecule has 45 heavy (non-hydrogen) atoms. The lowest BCUT2D eigenvalue weighted by molar-refractivity contribution is -0.121. The Labute approximate surface area is 265 Å². The number of phenols is 2. The topological polar surface area (TPSA) is 122 Å². The molecule has 1 heterocycles. The van der Waals surface area contributed by atoms with Gasteiger partial charge < -0.3 is 25.0 Å². The zero-order chi connectivity index (χ0) is 32.2. The molecule has 0 spiro atoms. The number of Topliss-reactive ketones (excluding diaryl/α,β-unsaturated/α-hetero) is 1. The molecule has 0 saturated carbocycles. The summed E-state index contributed by atoms with van der Waals surface area (Å²) in [5, 5.41) is 26.0. The van der Waals surface area contributed by atoms with Crippen LogP contribution in [0, 0.1) is 0 Å². The molecule has 1 amide bonds. The highest BCUT2D eigenvalue weighted by atomic mass is 16.5. The molecule has 0 aromatic heterocycles. The van der Waals surface area contributed by atoms with Crippen LogP contribution in [0.25, 0.3) is 6.08 Å². The summed E-state index contributed by atoms with van der Waals surface area (Å²) in [6.45, 7) is 2.22. The van der Waals surface area contributed by atoms with E-state index in [1.165, 1.54) is 11.6 Å². The van der Waals surface area contributed by atoms with Crippen LogP contribution in [0.1, 0.15) is 96.8 Å². The molecule has 0 fully saturated rings. The number of esters is 1. The van der Waals surface area contributed by atoms with Gasteiger partial charge >= 0.3 is 5.97 Å². The maximum absolute atomic E-state index is 13.5. The van der Waals surface area contributed by atoms with E-state index in [-0.39, 0.29) is 35.0 Å². The molecule has 3 aromatic rings. The predicted octanol–water partition coefficient (Wildman–Crippen LogP) is 6.86. The van der Waals surface area contributed by atoms with E-state index in [2.05, 4.69) is 5.32 Å². The van der Waals surface area contributed by atoms with E-state index in [0.717, 1.165) is 12.8 Å². The van der Waals surface area contributed by atoms with E-state index in [1.54, 1.807) is 44.4 Å². The van der Waals surface area contributed by atoms with Crippen molar-refractivity contribution in [2.24, 2.45) is 0 Å². The number of phenolic OH excluding ortho intramolecular Hbond substituents is 2. The fraction of sp³-hybridized carbons (Fsp3) is 0.378. The minimum atomic E-state index is -0.774. The first-order chi connectivity index (χ1) is 21.8. The summed E-state index contributed by atoms with van der Waals surface area (Å²) in [4.78, 5) is 38.9. The van der Waals surface area contributed by atoms with Crippen LogP contribution in [-0.4, -0.2) is 47.6 Å². The van der Waals surface area contributed by atoms with Crippen LogP contribution in [0.5, 0.6) is 17.2 Å². The first-order valence-electron chi connectivity index (χ1n) is 15.7. The lowest BCUT2D eigenvalue weighted by atomic mass is 9.84. The molecule has 2 atom stereocenters. The molecular formula is C37H43NO7. The van der Waals surface area contributed by atoms with Gasteiger partial charge in [0, 0.05) is 37.3 Å². The van der Waals surface area contributed by atoms with Gasteiger partial charge in [0.15, 0.2) is 0 Å². The minimum Gasteiger partial charge on any atom is -0.507 e. The number of allylic oxidation sites excluding steroid dienone is 1. The number of amides is 1. The Kier molecular flexibility index (Phi) is 12.2. The van der Waals surface area contributed by atoms with Gasteiger partial charge in [-0.1, -0.05) is 54.6 Å². The second kappa shape index (κ2) is 16.5. The molecule has 238 valence electrons. The largest absolute Gasteiger partial charge is 0.507 e. The molecule has 0 saturated heterocycles. The number of fused-ring (bicyclic) bond motifs is 1. The third kappa shape index (κ3) is 9.45. The maximum Gasteiger partial charge on any atom is 0.342 e. The van der Waals surface area contributed by atoms with Gasteiger partial charge in [-0.25, -0.2) is 4.79 Å². The molecule has 8 nitrogen and oxygen atoms in total. The van der Waals surface area contributed by atoms with Crippen LogP contribution >= 0.6 is 0 Å². The van der Waals surface area contributed by atoms with Gasteiger partial charge in [-0.3, -0.25) is 9.59 Å². The quantitative estimate of drug-likeness (QED) is 0.178. The van der Waals surface area contributed by atoms with Crippen molar-refractivity contribution < 1.29 is 34.1 Å². The van der Waals surface area contributed by atoms with Crippen LogP contribution < -0.4 is 10.1 Å². The summed E-state index contributed by atoms with van der Waals surface area (Å²) < 4.78 is 11.0. The second-order valence-electron chi connectivity index (χ2n) is 11.5. The number of methoxy groups -OCH3 is 1. The Hall–Kier alpha value is -4.59. The molecule has 1 aliphatic heterocycles. The van der Waals surface area contributed by atoms with E-state index in [4.69, 9.17) is 9.47 Å². The van der Waals surface area contributed by atoms with Crippen molar-refractivity contribution in [1.29, 1.82) is 0 Å². The Balaban J connectivity index is 1.66. The lowest BCUT2D eigenvalue weighted by Crippen LogP contribution is -2.27. The van der Waals surface area contributed by atoms with Crippen molar-refractivity contribution in [1.82, 2.24) is 5.32 Å². The first-order valence-corrected chi connectivity index (χ1v) is 15.7. The second-order valence-corrected chi connectivity index (χ2v) is 11.5. The number of benzene rings is 3. The summed E-state index contributed by atoms with van der Waals surface area (Å²) in [6.07, 6.45) is 7.76. The molecule has 0 aliphatic carbocycles. The smallest absolute Gasteiger partial charge is 0.342 e. The zero-order valence-electron chi connectivity index (χ0n) is 26.1. The summed E-state index contributed by atoms with van der Waals surface area (Å²) in [7, 11) is 1.55. The van der Waals surface area contributed by atoms with E-state index in [9.17, 15) is 24.6 Å². The summed E-state index contributed by atoms with van der Waals surface area (Å²) in [5.74, 6) is -1.63. The van der Waals surface area contributed by atoms with Crippen LogP contribution in [-0.2, 0) is 20.7 Å². The molecular weight excluding hydrogens is 570 g/mol. The van der Waals surface area contributed by atoms with Gasteiger partial charge in [-0.05, 0) is 80.3 Å². The average molecular weight is 614 g/mol. The van der Waals surface area contributed by atoms with Gasteiger partial charge in [0.25, 0.3) is 0 Å². The van der Waals surface area contributed by atoms with Crippen LogP contribution in [0.3, 0.4) is 0 Å². The van der Waals surface area contributed by atoms with Crippen molar-refractivity contribution in [3.05, 3.63) is 94.6 Å². The maximum atomic E-state index is 13.5. The molecule has 0 bridgehead atoms. The van der Waals surface area contributed by atoms with Gasteiger partial charge in [0.1, 0.15) is 28.6 Å². The third-order valence-corrected chi connectivity index (χ3v) is 8.11. The Morgan fingerprint density at radius 3 is 2.51 bits per heavy atom. The Morgan fingerprint density at radius 2 is 1.78 bits per heavy atom. The zero-order valence-corrected chi connectivity index (χ0v) is 26.1. The van der Waals surface area contributed by atoms with E-state index in [1.807, 2.05) is 36.4 Å². The van der Waals surface area contributed by atoms with Gasteiger partial charge in [0.2, 0.25) is 5.91 Å². The number of aromatic hydroxyl groups is 2. The standard InChI is InChI=1S/C37H43NO7/c1-25-11-9-17-29(39)16-8-4-7-15-28-23-32(40)35(36(42)34(28)37(43)45-25)31(27-18-20-30(44-2)21-19-27)24-33(41)38-22-10-14-26-12-5-3-6-13-26/h3,5-7,12-13,15,18-21,23,25,31,40,42H,4,8-11,14,16-17,22,24H2,1-2H3,(H,38,41). The number of ketones is 1. The van der Waals surface area contributed by atoms with Crippen molar-refractivity contribution >= 4 is 23.7 Å². The SMILES string of the molecule is COc1ccc(C(CC(=O)NCCCc2ccccc2)c2c(O)cc3c(c2O)C(=O)OC(C)CCCC(=O)CCCC=C3)cc1. The van der Waals surface area contributed by atoms with Gasteiger partial charge in [-0.15, -0.1) is 0 Å². The monoisotopic (exact) mass is 613 g/mol. The van der Waals surface area contributed by atoms with Gasteiger partial charge in [0.05, 0.1) is 13.2 Å². The number of aryl methyl sites for hydroxylation is 1. The molecule has 4 rings (SSSR count). The Bertz CT molecular complexity index is 1480. The molecule has 0 radical (unpaired) electrons. The number of cyclic esters (lactones) is 1. The van der Waals surface area contributed by atoms with Crippen LogP contribution in [0.2, 0.25) is 0 Å². The summed E-state index contributed by atoms with van der Waals surface area (Å²) in [6, 6.07) is 18.5. The van der Waals surface area contributed by atoms with E-state index < -0.39 is 23.7 Å². The Morgan fingerprint density at radius 1 is 1.04 bits per heavy atom. The predicted molar refractivity (Wildman–Crippen MR) is 174 cm³/mol. The molecule has 1 aliphatic rings. The van der Waals surface area contributed by atoms with Crippen LogP contribution in [0.15, 0.2) is 66.7 Å². The molecule has 8 heteroatoms. The average Bonchev–Trinajstić information content (AvgIpc) is 3.02. The van der Waals surface area contributed by atoms with Crippen molar-refractivity contribution in [3.8, 4) is 17.2 Å². The fourth-order valence-corrected chi connectivity index (χ4v) is 5.66. The number of carbonyl (C=O) groups excluding carboxylic acids is 3. The van der Waals surface area contributed by atoms with Crippen molar-refractivity contribution in [3.63, 3.8) is 0 Å². The highest BCUT2D eigenvalue weighted by Crippen LogP contribution is 2.44. The fourth-order valence-electron chi connectivity index (χ4n) is 5.66.